The van der Waals surface area contributed by atoms with Crippen LogP contribution in [-0.4, -0.2) is 5.97 Å². The fourth-order valence-electron chi connectivity index (χ4n) is 1.63. The Morgan fingerprint density at radius 3 is 2.22 bits per heavy atom. The SMILES string of the molecule is O=C([O-])C(Nc1ccccc1)c1ccc(Cl)cc1. The van der Waals surface area contributed by atoms with E-state index in [9.17, 15) is 9.90 Å². The number of hydrogen-bond acceptors (Lipinski definition) is 3. The summed E-state index contributed by atoms with van der Waals surface area (Å²) in [5.74, 6) is -1.18. The maximum absolute atomic E-state index is 11.2. The molecule has 0 fully saturated rings. The van der Waals surface area contributed by atoms with Crippen molar-refractivity contribution in [1.29, 1.82) is 0 Å². The van der Waals surface area contributed by atoms with Crippen molar-refractivity contribution < 1.29 is 9.90 Å². The number of carboxylic acid groups (broad SMARTS) is 1. The Balaban J connectivity index is 2.24. The highest BCUT2D eigenvalue weighted by atomic mass is 35.5. The first-order valence-electron chi connectivity index (χ1n) is 5.45. The van der Waals surface area contributed by atoms with Gasteiger partial charge in [-0.2, -0.15) is 0 Å². The van der Waals surface area contributed by atoms with E-state index in [4.69, 9.17) is 11.6 Å². The van der Waals surface area contributed by atoms with Crippen LogP contribution in [-0.2, 0) is 4.79 Å². The summed E-state index contributed by atoms with van der Waals surface area (Å²) in [5, 5.41) is 14.7. The Morgan fingerprint density at radius 2 is 1.67 bits per heavy atom. The monoisotopic (exact) mass is 260 g/mol. The Morgan fingerprint density at radius 1 is 1.06 bits per heavy atom. The number of nitrogens with one attached hydrogen (secondary N) is 1. The summed E-state index contributed by atoms with van der Waals surface area (Å²) in [6, 6.07) is 14.9. The van der Waals surface area contributed by atoms with E-state index in [0.717, 1.165) is 5.69 Å². The first-order chi connectivity index (χ1) is 8.66. The number of rotatable bonds is 4. The van der Waals surface area contributed by atoms with Crippen molar-refractivity contribution in [2.75, 3.05) is 5.32 Å². The van der Waals surface area contributed by atoms with Gasteiger partial charge in [0.05, 0.1) is 12.0 Å². The topological polar surface area (TPSA) is 52.2 Å². The molecule has 1 N–H and O–H groups in total. The van der Waals surface area contributed by atoms with Crippen LogP contribution in [0.5, 0.6) is 0 Å². The van der Waals surface area contributed by atoms with E-state index in [1.807, 2.05) is 18.2 Å². The van der Waals surface area contributed by atoms with E-state index in [1.54, 1.807) is 36.4 Å². The van der Waals surface area contributed by atoms with Gasteiger partial charge in [0, 0.05) is 10.7 Å². The number of hydrogen-bond donors (Lipinski definition) is 1. The van der Waals surface area contributed by atoms with Crippen LogP contribution in [0.4, 0.5) is 5.69 Å². The Labute approximate surface area is 110 Å². The minimum atomic E-state index is -1.18. The molecular formula is C14H11ClNO2-. The largest absolute Gasteiger partial charge is 0.548 e. The van der Waals surface area contributed by atoms with E-state index in [1.165, 1.54) is 0 Å². The predicted octanol–water partition coefficient (Wildman–Crippen LogP) is 2.24. The van der Waals surface area contributed by atoms with Crippen molar-refractivity contribution >= 4 is 23.3 Å². The van der Waals surface area contributed by atoms with Gasteiger partial charge in [-0.25, -0.2) is 0 Å². The van der Waals surface area contributed by atoms with E-state index < -0.39 is 12.0 Å². The molecule has 0 aliphatic carbocycles. The van der Waals surface area contributed by atoms with E-state index >= 15 is 0 Å². The number of carbonyl (C=O) groups is 1. The third-order valence-electron chi connectivity index (χ3n) is 2.52. The van der Waals surface area contributed by atoms with Gasteiger partial charge in [0.15, 0.2) is 0 Å². The summed E-state index contributed by atoms with van der Waals surface area (Å²) >= 11 is 5.77. The molecule has 0 heterocycles. The molecule has 92 valence electrons. The highest BCUT2D eigenvalue weighted by Crippen LogP contribution is 2.20. The molecule has 0 aliphatic heterocycles. The lowest BCUT2D eigenvalue weighted by atomic mass is 10.1. The van der Waals surface area contributed by atoms with Gasteiger partial charge in [0.25, 0.3) is 0 Å². The zero-order chi connectivity index (χ0) is 13.0. The van der Waals surface area contributed by atoms with Gasteiger partial charge in [-0.1, -0.05) is 41.9 Å². The molecule has 1 unspecified atom stereocenters. The number of benzene rings is 2. The molecule has 0 spiro atoms. The van der Waals surface area contributed by atoms with Crippen LogP contribution < -0.4 is 10.4 Å². The lowest BCUT2D eigenvalue weighted by Gasteiger charge is -2.21. The van der Waals surface area contributed by atoms with Crippen LogP contribution in [0.2, 0.25) is 5.02 Å². The van der Waals surface area contributed by atoms with Crippen LogP contribution in [0.1, 0.15) is 11.6 Å². The Hall–Kier alpha value is -2.00. The highest BCUT2D eigenvalue weighted by Gasteiger charge is 2.12. The van der Waals surface area contributed by atoms with Gasteiger partial charge in [-0.05, 0) is 29.8 Å². The molecule has 0 saturated heterocycles. The first-order valence-corrected chi connectivity index (χ1v) is 5.82. The third-order valence-corrected chi connectivity index (χ3v) is 2.78. The van der Waals surface area contributed by atoms with E-state index in [-0.39, 0.29) is 0 Å². The lowest BCUT2D eigenvalue weighted by Crippen LogP contribution is -2.34. The molecule has 2 rings (SSSR count). The maximum Gasteiger partial charge on any atom is 0.0912 e. The quantitative estimate of drug-likeness (QED) is 0.917. The van der Waals surface area contributed by atoms with Crippen molar-refractivity contribution in [3.05, 3.63) is 65.2 Å². The molecule has 18 heavy (non-hydrogen) atoms. The summed E-state index contributed by atoms with van der Waals surface area (Å²) < 4.78 is 0. The van der Waals surface area contributed by atoms with Gasteiger partial charge >= 0.3 is 0 Å². The average molecular weight is 261 g/mol. The van der Waals surface area contributed by atoms with Gasteiger partial charge < -0.3 is 15.2 Å². The van der Waals surface area contributed by atoms with Crippen molar-refractivity contribution in [2.45, 2.75) is 6.04 Å². The summed E-state index contributed by atoms with van der Waals surface area (Å²) in [6.45, 7) is 0. The van der Waals surface area contributed by atoms with Gasteiger partial charge in [-0.15, -0.1) is 0 Å². The molecule has 2 aromatic carbocycles. The summed E-state index contributed by atoms with van der Waals surface area (Å²) in [7, 11) is 0. The lowest BCUT2D eigenvalue weighted by molar-refractivity contribution is -0.307. The fraction of sp³-hybridized carbons (Fsp3) is 0.0714. The van der Waals surface area contributed by atoms with E-state index in [0.29, 0.717) is 10.6 Å². The van der Waals surface area contributed by atoms with Crippen LogP contribution in [0.25, 0.3) is 0 Å². The minimum Gasteiger partial charge on any atom is -0.548 e. The number of halogens is 1. The minimum absolute atomic E-state index is 0.565. The number of anilines is 1. The molecule has 3 nitrogen and oxygen atoms in total. The molecule has 0 saturated carbocycles. The molecule has 0 aromatic heterocycles. The first kappa shape index (κ1) is 12.5. The Kier molecular flexibility index (Phi) is 3.85. The molecule has 1 atom stereocenters. The van der Waals surface area contributed by atoms with Crippen molar-refractivity contribution in [3.63, 3.8) is 0 Å². The number of carboxylic acids is 1. The number of aliphatic carboxylic acids is 1. The molecular weight excluding hydrogens is 250 g/mol. The Bertz CT molecular complexity index is 525. The van der Waals surface area contributed by atoms with Crippen LogP contribution in [0.3, 0.4) is 0 Å². The standard InChI is InChI=1S/C14H12ClNO2/c15-11-8-6-10(7-9-11)13(14(17)18)16-12-4-2-1-3-5-12/h1-9,13,16H,(H,17,18)/p-1. The van der Waals surface area contributed by atoms with Gasteiger partial charge in [0.1, 0.15) is 0 Å². The second-order valence-electron chi connectivity index (χ2n) is 3.81. The zero-order valence-electron chi connectivity index (χ0n) is 9.47. The molecule has 0 bridgehead atoms. The highest BCUT2D eigenvalue weighted by molar-refractivity contribution is 6.30. The molecule has 0 amide bonds. The van der Waals surface area contributed by atoms with Crippen LogP contribution in [0.15, 0.2) is 54.6 Å². The summed E-state index contributed by atoms with van der Waals surface area (Å²) in [4.78, 5) is 11.2. The molecule has 0 radical (unpaired) electrons. The third kappa shape index (κ3) is 3.02. The number of para-hydroxylation sites is 1. The summed E-state index contributed by atoms with van der Waals surface area (Å²) in [6.07, 6.45) is 0. The second kappa shape index (κ2) is 5.56. The number of carbonyl (C=O) groups excluding carboxylic acids is 1. The fourth-order valence-corrected chi connectivity index (χ4v) is 1.76. The van der Waals surface area contributed by atoms with Gasteiger partial charge in [-0.3, -0.25) is 0 Å². The van der Waals surface area contributed by atoms with Gasteiger partial charge in [0.2, 0.25) is 0 Å². The molecule has 2 aromatic rings. The van der Waals surface area contributed by atoms with E-state index in [2.05, 4.69) is 5.32 Å². The smallest absolute Gasteiger partial charge is 0.0912 e. The van der Waals surface area contributed by atoms with Crippen molar-refractivity contribution in [3.8, 4) is 0 Å². The zero-order valence-corrected chi connectivity index (χ0v) is 10.2. The predicted molar refractivity (Wildman–Crippen MR) is 69.3 cm³/mol. The molecule has 4 heteroatoms. The van der Waals surface area contributed by atoms with Crippen LogP contribution >= 0.6 is 11.6 Å². The average Bonchev–Trinajstić information content (AvgIpc) is 2.38. The molecule has 0 aliphatic rings. The summed E-state index contributed by atoms with van der Waals surface area (Å²) in [5.41, 5.74) is 1.32. The van der Waals surface area contributed by atoms with Crippen LogP contribution in [0, 0.1) is 0 Å². The van der Waals surface area contributed by atoms with Crippen molar-refractivity contribution in [1.82, 2.24) is 0 Å². The maximum atomic E-state index is 11.2. The van der Waals surface area contributed by atoms with Crippen molar-refractivity contribution in [2.24, 2.45) is 0 Å². The second-order valence-corrected chi connectivity index (χ2v) is 4.25. The normalized spacial score (nSPS) is 11.8.